The fourth-order valence-electron chi connectivity index (χ4n) is 8.96. The molecule has 0 radical (unpaired) electrons. The Morgan fingerprint density at radius 1 is 0.529 bits per heavy atom. The van der Waals surface area contributed by atoms with Crippen molar-refractivity contribution in [2.75, 3.05) is 19.8 Å². The number of carbonyl (C=O) groups excluding carboxylic acids is 2. The van der Waals surface area contributed by atoms with E-state index < -0.39 is 49.5 Å². The van der Waals surface area contributed by atoms with Crippen LogP contribution in [-0.4, -0.2) is 100 Å². The SMILES string of the molecule is CCCCCCCCC/C=C\CCCCCCCCCC(=O)OCCCCCCCCCCCCCCCC(=O)NC(COC1OC(CO)C(O)C(O)C1O)C(O)/C=C/CCCCCCCCC. The van der Waals surface area contributed by atoms with Gasteiger partial charge in [0.2, 0.25) is 5.91 Å². The van der Waals surface area contributed by atoms with E-state index in [0.717, 1.165) is 70.6 Å². The molecule has 6 N–H and O–H groups in total. The summed E-state index contributed by atoms with van der Waals surface area (Å²) in [5.41, 5.74) is 0. The normalized spacial score (nSPS) is 19.5. The fraction of sp³-hybridized carbons (Fsp3) is 0.895. The van der Waals surface area contributed by atoms with Crippen molar-refractivity contribution >= 4 is 11.9 Å². The van der Waals surface area contributed by atoms with Crippen molar-refractivity contribution in [2.45, 2.75) is 307 Å². The molecule has 11 nitrogen and oxygen atoms in total. The van der Waals surface area contributed by atoms with Gasteiger partial charge in [-0.3, -0.25) is 9.59 Å². The first-order valence-electron chi connectivity index (χ1n) is 28.6. The average molecular weight is 966 g/mol. The van der Waals surface area contributed by atoms with Crippen molar-refractivity contribution in [3.05, 3.63) is 24.3 Å². The van der Waals surface area contributed by atoms with E-state index in [1.54, 1.807) is 6.08 Å². The highest BCUT2D eigenvalue weighted by atomic mass is 16.7. The summed E-state index contributed by atoms with van der Waals surface area (Å²) in [5, 5.41) is 54.1. The quantitative estimate of drug-likeness (QED) is 0.0196. The van der Waals surface area contributed by atoms with E-state index in [2.05, 4.69) is 31.3 Å². The van der Waals surface area contributed by atoms with Gasteiger partial charge in [-0.05, 0) is 57.8 Å². The molecule has 7 atom stereocenters. The number of carbonyl (C=O) groups is 2. The number of allylic oxidation sites excluding steroid dienone is 3. The van der Waals surface area contributed by atoms with Gasteiger partial charge >= 0.3 is 5.97 Å². The summed E-state index contributed by atoms with van der Waals surface area (Å²) in [5.74, 6) is -0.227. The summed E-state index contributed by atoms with van der Waals surface area (Å²) in [7, 11) is 0. The summed E-state index contributed by atoms with van der Waals surface area (Å²) >= 11 is 0. The van der Waals surface area contributed by atoms with E-state index in [9.17, 15) is 35.1 Å². The highest BCUT2D eigenvalue weighted by Gasteiger charge is 2.44. The zero-order valence-corrected chi connectivity index (χ0v) is 43.8. The molecule has 1 heterocycles. The van der Waals surface area contributed by atoms with Crippen molar-refractivity contribution in [3.63, 3.8) is 0 Å². The Labute approximate surface area is 416 Å². The molecule has 0 aliphatic carbocycles. The van der Waals surface area contributed by atoms with Gasteiger partial charge in [-0.2, -0.15) is 0 Å². The molecule has 7 unspecified atom stereocenters. The molecule has 1 saturated heterocycles. The van der Waals surface area contributed by atoms with E-state index >= 15 is 0 Å². The number of esters is 1. The summed E-state index contributed by atoms with van der Waals surface area (Å²) in [4.78, 5) is 25.1. The Morgan fingerprint density at radius 3 is 1.41 bits per heavy atom. The lowest BCUT2D eigenvalue weighted by atomic mass is 9.99. The molecule has 1 fully saturated rings. The average Bonchev–Trinajstić information content (AvgIpc) is 3.33. The first-order chi connectivity index (χ1) is 33.2. The summed E-state index contributed by atoms with van der Waals surface area (Å²) in [6, 6.07) is -0.818. The van der Waals surface area contributed by atoms with Crippen LogP contribution in [0.2, 0.25) is 0 Å². The van der Waals surface area contributed by atoms with E-state index in [4.69, 9.17) is 14.2 Å². The molecule has 68 heavy (non-hydrogen) atoms. The zero-order valence-electron chi connectivity index (χ0n) is 43.8. The predicted octanol–water partition coefficient (Wildman–Crippen LogP) is 12.6. The van der Waals surface area contributed by atoms with Crippen LogP contribution in [0.15, 0.2) is 24.3 Å². The molecule has 0 bridgehead atoms. The molecule has 11 heteroatoms. The minimum absolute atomic E-state index is 0.0308. The smallest absolute Gasteiger partial charge is 0.305 e. The Morgan fingerprint density at radius 2 is 0.941 bits per heavy atom. The third-order valence-electron chi connectivity index (χ3n) is 13.6. The second-order valence-corrected chi connectivity index (χ2v) is 20.0. The van der Waals surface area contributed by atoms with Gasteiger partial charge in [-0.1, -0.05) is 218 Å². The largest absolute Gasteiger partial charge is 0.466 e. The molecule has 1 rings (SSSR count). The van der Waals surface area contributed by atoms with E-state index in [0.29, 0.717) is 19.4 Å². The number of amides is 1. The number of ether oxygens (including phenoxy) is 3. The maximum absolute atomic E-state index is 13.0. The monoisotopic (exact) mass is 966 g/mol. The number of hydrogen-bond acceptors (Lipinski definition) is 10. The van der Waals surface area contributed by atoms with E-state index in [1.807, 2.05) is 6.08 Å². The third-order valence-corrected chi connectivity index (χ3v) is 13.6. The highest BCUT2D eigenvalue weighted by molar-refractivity contribution is 5.76. The van der Waals surface area contributed by atoms with Crippen molar-refractivity contribution < 1.29 is 49.3 Å². The van der Waals surface area contributed by atoms with Gasteiger partial charge in [0.05, 0.1) is 32.0 Å². The van der Waals surface area contributed by atoms with Crippen LogP contribution in [0.25, 0.3) is 0 Å². The molecule has 0 saturated carbocycles. The van der Waals surface area contributed by atoms with Gasteiger partial charge in [-0.25, -0.2) is 0 Å². The van der Waals surface area contributed by atoms with Crippen LogP contribution in [-0.2, 0) is 23.8 Å². The first kappa shape index (κ1) is 64.2. The molecular formula is C57H107NO10. The van der Waals surface area contributed by atoms with Gasteiger partial charge in [0.25, 0.3) is 0 Å². The van der Waals surface area contributed by atoms with Crippen LogP contribution >= 0.6 is 0 Å². The topological polar surface area (TPSA) is 175 Å². The number of aliphatic hydroxyl groups is 5. The minimum Gasteiger partial charge on any atom is -0.466 e. The Hall–Kier alpha value is -1.86. The maximum atomic E-state index is 13.0. The summed E-state index contributed by atoms with van der Waals surface area (Å²) < 4.78 is 16.7. The Bertz CT molecular complexity index is 1180. The standard InChI is InChI=1S/C57H107NO10/c1-3-5-7-9-11-13-14-15-16-17-18-19-22-25-29-33-37-41-45-53(62)66-46-42-38-34-30-26-23-20-21-24-28-32-36-40-44-52(61)58-49(50(60)43-39-35-31-27-12-10-8-6-4-2)48-67-57-56(65)55(64)54(63)51(47-59)68-57/h16-17,39,43,49-51,54-57,59-60,63-65H,3-15,18-38,40-42,44-48H2,1-2H3,(H,58,61)/b17-16-,43-39+. The lowest BCUT2D eigenvalue weighted by Gasteiger charge is -2.40. The van der Waals surface area contributed by atoms with E-state index in [1.165, 1.54) is 167 Å². The Kier molecular flexibility index (Phi) is 44.8. The Balaban J connectivity index is 2.05. The predicted molar refractivity (Wildman–Crippen MR) is 278 cm³/mol. The van der Waals surface area contributed by atoms with Crippen LogP contribution in [0.1, 0.15) is 264 Å². The van der Waals surface area contributed by atoms with Crippen LogP contribution in [0, 0.1) is 0 Å². The number of rotatable bonds is 49. The number of nitrogens with one attached hydrogen (secondary N) is 1. The van der Waals surface area contributed by atoms with Crippen LogP contribution in [0.4, 0.5) is 0 Å². The van der Waals surface area contributed by atoms with Gasteiger partial charge in [0, 0.05) is 12.8 Å². The number of aliphatic hydroxyl groups excluding tert-OH is 5. The molecule has 0 aromatic heterocycles. The second-order valence-electron chi connectivity index (χ2n) is 20.0. The number of unbranched alkanes of at least 4 members (excludes halogenated alkanes) is 33. The number of hydrogen-bond donors (Lipinski definition) is 6. The molecular weight excluding hydrogens is 859 g/mol. The molecule has 1 aliphatic rings. The second kappa shape index (κ2) is 47.5. The maximum Gasteiger partial charge on any atom is 0.305 e. The van der Waals surface area contributed by atoms with Crippen LogP contribution < -0.4 is 5.32 Å². The summed E-state index contributed by atoms with van der Waals surface area (Å²) in [6.07, 6.45) is 45.5. The molecule has 400 valence electrons. The van der Waals surface area contributed by atoms with Gasteiger partial charge in [0.1, 0.15) is 24.4 Å². The first-order valence-corrected chi connectivity index (χ1v) is 28.6. The van der Waals surface area contributed by atoms with E-state index in [-0.39, 0.29) is 18.5 Å². The lowest BCUT2D eigenvalue weighted by molar-refractivity contribution is -0.302. The third kappa shape index (κ3) is 37.0. The molecule has 0 aromatic carbocycles. The van der Waals surface area contributed by atoms with Crippen LogP contribution in [0.5, 0.6) is 0 Å². The van der Waals surface area contributed by atoms with Crippen LogP contribution in [0.3, 0.4) is 0 Å². The van der Waals surface area contributed by atoms with Gasteiger partial charge in [0.15, 0.2) is 6.29 Å². The molecule has 0 aromatic rings. The molecule has 1 amide bonds. The van der Waals surface area contributed by atoms with Crippen molar-refractivity contribution in [3.8, 4) is 0 Å². The molecule has 0 spiro atoms. The van der Waals surface area contributed by atoms with Crippen molar-refractivity contribution in [2.24, 2.45) is 0 Å². The minimum atomic E-state index is -1.57. The van der Waals surface area contributed by atoms with Crippen molar-refractivity contribution in [1.29, 1.82) is 0 Å². The van der Waals surface area contributed by atoms with Gasteiger partial charge < -0.3 is 45.1 Å². The fourth-order valence-corrected chi connectivity index (χ4v) is 8.96. The zero-order chi connectivity index (χ0) is 49.6. The molecule has 1 aliphatic heterocycles. The highest BCUT2D eigenvalue weighted by Crippen LogP contribution is 2.23. The van der Waals surface area contributed by atoms with Crippen molar-refractivity contribution in [1.82, 2.24) is 5.32 Å². The van der Waals surface area contributed by atoms with Gasteiger partial charge in [-0.15, -0.1) is 0 Å². The summed E-state index contributed by atoms with van der Waals surface area (Å²) in [6.45, 7) is 4.27. The lowest BCUT2D eigenvalue weighted by Crippen LogP contribution is -2.60.